The van der Waals surface area contributed by atoms with Crippen molar-refractivity contribution >= 4 is 11.6 Å². The Kier molecular flexibility index (Phi) is 2.84. The van der Waals surface area contributed by atoms with Crippen LogP contribution in [0.3, 0.4) is 0 Å². The predicted octanol–water partition coefficient (Wildman–Crippen LogP) is 3.79. The molecule has 1 heterocycles. The van der Waals surface area contributed by atoms with Gasteiger partial charge in [0.15, 0.2) is 0 Å². The fraction of sp³-hybridized carbons (Fsp3) is 0.692. The third-order valence-corrected chi connectivity index (χ3v) is 4.24. The molecule has 17 heavy (non-hydrogen) atoms. The number of hydrogen-bond acceptors (Lipinski definition) is 2. The molecule has 3 rings (SSSR count). The lowest BCUT2D eigenvalue weighted by molar-refractivity contribution is 0.328. The Hall–Kier alpha value is -1.01. The van der Waals surface area contributed by atoms with Gasteiger partial charge in [-0.05, 0) is 25.7 Å². The summed E-state index contributed by atoms with van der Waals surface area (Å²) in [6, 6.07) is 2.64. The van der Waals surface area contributed by atoms with Gasteiger partial charge in [-0.15, -0.1) is 0 Å². The summed E-state index contributed by atoms with van der Waals surface area (Å²) in [5, 5.41) is 14.4. The summed E-state index contributed by atoms with van der Waals surface area (Å²) in [6.07, 6.45) is 8.44. The molecule has 0 bridgehead atoms. The van der Waals surface area contributed by atoms with Crippen LogP contribution in [0.15, 0.2) is 0 Å². The smallest absolute Gasteiger partial charge is 0.145 e. The second-order valence-corrected chi connectivity index (χ2v) is 5.53. The van der Waals surface area contributed by atoms with Crippen molar-refractivity contribution in [3.63, 3.8) is 0 Å². The first-order valence-electron chi connectivity index (χ1n) is 6.49. The summed E-state index contributed by atoms with van der Waals surface area (Å²) in [5.74, 6) is 0.493. The van der Waals surface area contributed by atoms with Crippen molar-refractivity contribution in [3.05, 3.63) is 16.4 Å². The van der Waals surface area contributed by atoms with Gasteiger partial charge in [0.1, 0.15) is 16.8 Å². The second kappa shape index (κ2) is 4.34. The maximum atomic E-state index is 9.20. The van der Waals surface area contributed by atoms with Gasteiger partial charge in [0.25, 0.3) is 0 Å². The minimum atomic E-state index is 0.413. The first-order chi connectivity index (χ1) is 8.31. The lowest BCUT2D eigenvalue weighted by Gasteiger charge is -2.22. The maximum absolute atomic E-state index is 9.20. The number of nitrogens with zero attached hydrogens (tertiary/aromatic N) is 3. The monoisotopic (exact) mass is 249 g/mol. The Balaban J connectivity index is 1.96. The van der Waals surface area contributed by atoms with Crippen LogP contribution in [0.4, 0.5) is 0 Å². The molecule has 2 aliphatic rings. The largest absolute Gasteiger partial charge is 0.249 e. The van der Waals surface area contributed by atoms with E-state index in [0.29, 0.717) is 22.7 Å². The van der Waals surface area contributed by atoms with Crippen molar-refractivity contribution in [2.24, 2.45) is 0 Å². The van der Waals surface area contributed by atoms with E-state index in [-0.39, 0.29) is 0 Å². The predicted molar refractivity (Wildman–Crippen MR) is 66.0 cm³/mol. The molecule has 2 saturated carbocycles. The Morgan fingerprint density at radius 3 is 2.47 bits per heavy atom. The Morgan fingerprint density at radius 2 is 1.88 bits per heavy atom. The van der Waals surface area contributed by atoms with Gasteiger partial charge in [-0.25, -0.2) is 4.68 Å². The summed E-state index contributed by atoms with van der Waals surface area (Å²) < 4.78 is 1.92. The van der Waals surface area contributed by atoms with Crippen LogP contribution < -0.4 is 0 Å². The lowest BCUT2D eigenvalue weighted by Crippen LogP contribution is -2.14. The minimum Gasteiger partial charge on any atom is -0.249 e. The molecular formula is C13H16ClN3. The van der Waals surface area contributed by atoms with E-state index in [2.05, 4.69) is 11.2 Å². The van der Waals surface area contributed by atoms with Gasteiger partial charge in [0, 0.05) is 5.92 Å². The molecule has 0 spiro atoms. The van der Waals surface area contributed by atoms with E-state index < -0.39 is 0 Å². The quantitative estimate of drug-likeness (QED) is 0.800. The van der Waals surface area contributed by atoms with Gasteiger partial charge >= 0.3 is 0 Å². The molecule has 3 nitrogen and oxygen atoms in total. The van der Waals surface area contributed by atoms with Crippen molar-refractivity contribution < 1.29 is 0 Å². The zero-order valence-electron chi connectivity index (χ0n) is 9.82. The van der Waals surface area contributed by atoms with E-state index >= 15 is 0 Å². The molecule has 0 atom stereocenters. The van der Waals surface area contributed by atoms with Crippen LogP contribution in [0.2, 0.25) is 5.15 Å². The molecule has 0 N–H and O–H groups in total. The van der Waals surface area contributed by atoms with Crippen molar-refractivity contribution in [1.29, 1.82) is 5.26 Å². The maximum Gasteiger partial charge on any atom is 0.145 e. The summed E-state index contributed by atoms with van der Waals surface area (Å²) in [5.41, 5.74) is 1.57. The third-order valence-electron chi connectivity index (χ3n) is 3.88. The standard InChI is InChI=1S/C13H16ClN3/c14-13-11(8-15)12(9-6-7-9)16-17(13)10-4-2-1-3-5-10/h9-10H,1-7H2. The molecule has 1 aromatic heterocycles. The number of rotatable bonds is 2. The number of nitriles is 1. The Bertz CT molecular complexity index is 462. The highest BCUT2D eigenvalue weighted by Gasteiger charge is 2.33. The molecule has 2 fully saturated rings. The molecular weight excluding hydrogens is 234 g/mol. The van der Waals surface area contributed by atoms with E-state index in [1.807, 2.05) is 4.68 Å². The van der Waals surface area contributed by atoms with Gasteiger partial charge < -0.3 is 0 Å². The SMILES string of the molecule is N#Cc1c(C2CC2)nn(C2CCCCC2)c1Cl. The summed E-state index contributed by atoms with van der Waals surface area (Å²) in [6.45, 7) is 0. The van der Waals surface area contributed by atoms with Crippen LogP contribution >= 0.6 is 11.6 Å². The van der Waals surface area contributed by atoms with E-state index in [9.17, 15) is 5.26 Å². The van der Waals surface area contributed by atoms with Crippen molar-refractivity contribution in [2.75, 3.05) is 0 Å². The number of hydrogen-bond donors (Lipinski definition) is 0. The van der Waals surface area contributed by atoms with Crippen LogP contribution in [-0.2, 0) is 0 Å². The second-order valence-electron chi connectivity index (χ2n) is 5.17. The Labute approximate surface area is 106 Å². The van der Waals surface area contributed by atoms with E-state index in [1.165, 1.54) is 19.3 Å². The van der Waals surface area contributed by atoms with Crippen LogP contribution in [0.5, 0.6) is 0 Å². The molecule has 0 aliphatic heterocycles. The molecule has 0 radical (unpaired) electrons. The minimum absolute atomic E-state index is 0.413. The van der Waals surface area contributed by atoms with Crippen LogP contribution in [0.25, 0.3) is 0 Å². The van der Waals surface area contributed by atoms with Crippen LogP contribution in [0.1, 0.15) is 68.2 Å². The molecule has 90 valence electrons. The van der Waals surface area contributed by atoms with Gasteiger partial charge in [-0.2, -0.15) is 10.4 Å². The van der Waals surface area contributed by atoms with E-state index in [1.54, 1.807) is 0 Å². The topological polar surface area (TPSA) is 41.6 Å². The molecule has 2 aliphatic carbocycles. The molecule has 1 aromatic rings. The van der Waals surface area contributed by atoms with Crippen molar-refractivity contribution in [3.8, 4) is 6.07 Å². The molecule has 0 aromatic carbocycles. The molecule has 0 saturated heterocycles. The molecule has 4 heteroatoms. The van der Waals surface area contributed by atoms with Crippen LogP contribution in [0, 0.1) is 11.3 Å². The molecule has 0 amide bonds. The zero-order chi connectivity index (χ0) is 11.8. The van der Waals surface area contributed by atoms with Gasteiger partial charge in [-0.3, -0.25) is 0 Å². The first kappa shape index (κ1) is 11.1. The lowest BCUT2D eigenvalue weighted by atomic mass is 9.96. The van der Waals surface area contributed by atoms with E-state index in [0.717, 1.165) is 31.4 Å². The van der Waals surface area contributed by atoms with Crippen LogP contribution in [-0.4, -0.2) is 9.78 Å². The normalized spacial score (nSPS) is 21.4. The Morgan fingerprint density at radius 1 is 1.18 bits per heavy atom. The van der Waals surface area contributed by atoms with Crippen molar-refractivity contribution in [2.45, 2.75) is 56.9 Å². The van der Waals surface area contributed by atoms with Gasteiger partial charge in [0.05, 0.1) is 11.7 Å². The highest BCUT2D eigenvalue weighted by atomic mass is 35.5. The molecule has 0 unspecified atom stereocenters. The van der Waals surface area contributed by atoms with Gasteiger partial charge in [0.2, 0.25) is 0 Å². The summed E-state index contributed by atoms with van der Waals surface area (Å²) in [7, 11) is 0. The number of aromatic nitrogens is 2. The number of halogens is 1. The van der Waals surface area contributed by atoms with E-state index in [4.69, 9.17) is 11.6 Å². The summed E-state index contributed by atoms with van der Waals surface area (Å²) >= 11 is 6.31. The summed E-state index contributed by atoms with van der Waals surface area (Å²) in [4.78, 5) is 0. The fourth-order valence-corrected chi connectivity index (χ4v) is 3.06. The average molecular weight is 250 g/mol. The first-order valence-corrected chi connectivity index (χ1v) is 6.87. The van der Waals surface area contributed by atoms with Gasteiger partial charge in [-0.1, -0.05) is 30.9 Å². The zero-order valence-corrected chi connectivity index (χ0v) is 10.6. The highest BCUT2D eigenvalue weighted by molar-refractivity contribution is 6.30. The van der Waals surface area contributed by atoms with Crippen molar-refractivity contribution in [1.82, 2.24) is 9.78 Å². The third kappa shape index (κ3) is 1.95. The average Bonchev–Trinajstić information content (AvgIpc) is 3.15. The highest BCUT2D eigenvalue weighted by Crippen LogP contribution is 2.43. The fourth-order valence-electron chi connectivity index (χ4n) is 2.74.